The monoisotopic (exact) mass is 478 g/mol. The van der Waals surface area contributed by atoms with Crippen LogP contribution in [-0.2, 0) is 12.4 Å². The van der Waals surface area contributed by atoms with Gasteiger partial charge in [-0.1, -0.05) is 13.0 Å². The number of anilines is 2. The van der Waals surface area contributed by atoms with Crippen molar-refractivity contribution in [1.82, 2.24) is 0 Å². The van der Waals surface area contributed by atoms with Gasteiger partial charge in [0.15, 0.2) is 0 Å². The lowest BCUT2D eigenvalue weighted by molar-refractivity contribution is -0.138. The molecule has 31 heavy (non-hydrogen) atoms. The van der Waals surface area contributed by atoms with Crippen LogP contribution in [0.5, 0.6) is 0 Å². The quantitative estimate of drug-likeness (QED) is 0.252. The predicted molar refractivity (Wildman–Crippen MR) is 112 cm³/mol. The van der Waals surface area contributed by atoms with Crippen molar-refractivity contribution in [2.24, 2.45) is 0 Å². The van der Waals surface area contributed by atoms with Crippen LogP contribution in [-0.4, -0.2) is 18.7 Å². The van der Waals surface area contributed by atoms with Crippen LogP contribution in [0.1, 0.15) is 27.7 Å². The summed E-state index contributed by atoms with van der Waals surface area (Å²) < 4.78 is 78.1. The molecule has 0 aliphatic carbocycles. The summed E-state index contributed by atoms with van der Waals surface area (Å²) >= 11 is 2.21. The summed E-state index contributed by atoms with van der Waals surface area (Å²) in [5, 5.41) is 0.516. The lowest BCUT2D eigenvalue weighted by Gasteiger charge is -2.20. The zero-order chi connectivity index (χ0) is 23.1. The number of nitrogens with zero attached hydrogens (tertiary/aromatic N) is 1. The van der Waals surface area contributed by atoms with E-state index in [0.29, 0.717) is 20.7 Å². The first kappa shape index (κ1) is 23.3. The molecule has 1 aromatic heterocycles. The number of rotatable bonds is 4. The van der Waals surface area contributed by atoms with Gasteiger partial charge >= 0.3 is 12.4 Å². The number of hydrogen-bond acceptors (Lipinski definition) is 4. The third-order valence-electron chi connectivity index (χ3n) is 4.48. The van der Waals surface area contributed by atoms with Crippen LogP contribution in [0.2, 0.25) is 0 Å². The highest BCUT2D eigenvalue weighted by Crippen LogP contribution is 2.42. The molecule has 2 aromatic carbocycles. The van der Waals surface area contributed by atoms with Gasteiger partial charge in [-0.05, 0) is 36.1 Å². The molecule has 3 rings (SSSR count). The number of nitrogen functional groups attached to an aromatic ring is 1. The van der Waals surface area contributed by atoms with Gasteiger partial charge in [0.05, 0.1) is 22.5 Å². The van der Waals surface area contributed by atoms with E-state index in [0.717, 1.165) is 46.6 Å². The SMILES string of the molecule is CCSc1c(C(=O)N(C)c2ccc(C(F)(F)F)cc2N)sc2cc(C(F)(F)F)ccc12. The standard InChI is InChI=1S/C20H16F6N2OS2/c1-3-30-16-12-6-4-11(20(24,25)26)9-15(12)31-17(16)18(29)28(2)14-7-5-10(8-13(14)27)19(21,22)23/h4-9H,3,27H2,1-2H3. The van der Waals surface area contributed by atoms with Gasteiger partial charge in [-0.25, -0.2) is 0 Å². The fraction of sp³-hybridized carbons (Fsp3) is 0.250. The summed E-state index contributed by atoms with van der Waals surface area (Å²) in [6.45, 7) is 1.84. The summed E-state index contributed by atoms with van der Waals surface area (Å²) in [7, 11) is 1.35. The minimum absolute atomic E-state index is 0.0684. The lowest BCUT2D eigenvalue weighted by atomic mass is 10.1. The topological polar surface area (TPSA) is 46.3 Å². The first-order valence-corrected chi connectivity index (χ1v) is 10.7. The molecule has 0 saturated carbocycles. The maximum absolute atomic E-state index is 13.1. The van der Waals surface area contributed by atoms with E-state index in [4.69, 9.17) is 5.73 Å². The van der Waals surface area contributed by atoms with Crippen molar-refractivity contribution in [3.05, 3.63) is 52.4 Å². The molecule has 2 N–H and O–H groups in total. The Morgan fingerprint density at radius 2 is 1.61 bits per heavy atom. The molecule has 11 heteroatoms. The Labute approximate surface area is 181 Å². The second-order valence-electron chi connectivity index (χ2n) is 6.54. The number of halogens is 6. The van der Waals surface area contributed by atoms with Gasteiger partial charge in [-0.15, -0.1) is 23.1 Å². The molecule has 0 unspecified atom stereocenters. The molecule has 0 fully saturated rings. The highest BCUT2D eigenvalue weighted by atomic mass is 32.2. The molecule has 0 spiro atoms. The van der Waals surface area contributed by atoms with Crippen molar-refractivity contribution in [2.45, 2.75) is 24.2 Å². The van der Waals surface area contributed by atoms with E-state index in [1.807, 2.05) is 6.92 Å². The second-order valence-corrected chi connectivity index (χ2v) is 8.86. The Morgan fingerprint density at radius 3 is 2.16 bits per heavy atom. The normalized spacial score (nSPS) is 12.4. The first-order valence-electron chi connectivity index (χ1n) is 8.86. The number of nitrogens with two attached hydrogens (primary N) is 1. The third-order valence-corrected chi connectivity index (χ3v) is 6.75. The van der Waals surface area contributed by atoms with Crippen LogP contribution < -0.4 is 10.6 Å². The van der Waals surface area contributed by atoms with Gasteiger partial charge < -0.3 is 10.6 Å². The fourth-order valence-corrected chi connectivity index (χ4v) is 5.30. The minimum Gasteiger partial charge on any atom is -0.397 e. The van der Waals surface area contributed by atoms with Crippen molar-refractivity contribution < 1.29 is 31.1 Å². The molecule has 3 nitrogen and oxygen atoms in total. The van der Waals surface area contributed by atoms with E-state index in [9.17, 15) is 31.1 Å². The maximum Gasteiger partial charge on any atom is 0.416 e. The highest BCUT2D eigenvalue weighted by Gasteiger charge is 2.33. The van der Waals surface area contributed by atoms with Crippen LogP contribution in [0.4, 0.5) is 37.7 Å². The van der Waals surface area contributed by atoms with Crippen molar-refractivity contribution >= 4 is 50.5 Å². The largest absolute Gasteiger partial charge is 0.416 e. The van der Waals surface area contributed by atoms with Crippen LogP contribution in [0.3, 0.4) is 0 Å². The van der Waals surface area contributed by atoms with E-state index in [2.05, 4.69) is 0 Å². The Kier molecular flexibility index (Phi) is 6.21. The number of carbonyl (C=O) groups is 1. The van der Waals surface area contributed by atoms with E-state index >= 15 is 0 Å². The van der Waals surface area contributed by atoms with Gasteiger partial charge in [-0.3, -0.25) is 4.79 Å². The van der Waals surface area contributed by atoms with Crippen LogP contribution in [0, 0.1) is 0 Å². The third kappa shape index (κ3) is 4.62. The van der Waals surface area contributed by atoms with Crippen LogP contribution in [0.15, 0.2) is 41.3 Å². The summed E-state index contributed by atoms with van der Waals surface area (Å²) in [6.07, 6.45) is -9.10. The molecule has 166 valence electrons. The van der Waals surface area contributed by atoms with E-state index in [1.54, 1.807) is 0 Å². The number of fused-ring (bicyclic) bond motifs is 1. The van der Waals surface area contributed by atoms with Gasteiger partial charge in [0.25, 0.3) is 5.91 Å². The van der Waals surface area contributed by atoms with Gasteiger partial charge in [0, 0.05) is 22.0 Å². The number of alkyl halides is 6. The lowest BCUT2D eigenvalue weighted by Crippen LogP contribution is -2.27. The first-order chi connectivity index (χ1) is 14.3. The number of hydrogen-bond donors (Lipinski definition) is 1. The molecule has 0 atom stereocenters. The average molecular weight is 478 g/mol. The zero-order valence-corrected chi connectivity index (χ0v) is 17.8. The number of carbonyl (C=O) groups excluding carboxylic acids is 1. The number of amides is 1. The summed E-state index contributed by atoms with van der Waals surface area (Å²) in [6, 6.07) is 5.93. The van der Waals surface area contributed by atoms with E-state index in [-0.39, 0.29) is 16.3 Å². The maximum atomic E-state index is 13.1. The Morgan fingerprint density at radius 1 is 1.03 bits per heavy atom. The summed E-state index contributed by atoms with van der Waals surface area (Å²) in [5.41, 5.74) is 3.81. The molecule has 0 aliphatic heterocycles. The number of thioether (sulfide) groups is 1. The molecule has 0 aliphatic rings. The average Bonchev–Trinajstić information content (AvgIpc) is 3.03. The highest BCUT2D eigenvalue weighted by molar-refractivity contribution is 7.99. The van der Waals surface area contributed by atoms with Crippen molar-refractivity contribution in [3.63, 3.8) is 0 Å². The Balaban J connectivity index is 2.05. The second kappa shape index (κ2) is 8.27. The molecule has 1 heterocycles. The van der Waals surface area contributed by atoms with Crippen molar-refractivity contribution in [1.29, 1.82) is 0 Å². The molecular weight excluding hydrogens is 462 g/mol. The van der Waals surface area contributed by atoms with E-state index in [1.165, 1.54) is 24.9 Å². The molecule has 3 aromatic rings. The number of benzene rings is 2. The minimum atomic E-state index is -4.58. The fourth-order valence-electron chi connectivity index (χ4n) is 2.98. The molecule has 0 bridgehead atoms. The molecule has 0 radical (unpaired) electrons. The van der Waals surface area contributed by atoms with Gasteiger partial charge in [-0.2, -0.15) is 26.3 Å². The zero-order valence-electron chi connectivity index (χ0n) is 16.2. The molecular formula is C20H16F6N2OS2. The van der Waals surface area contributed by atoms with Crippen molar-refractivity contribution in [2.75, 3.05) is 23.4 Å². The Hall–Kier alpha value is -2.40. The van der Waals surface area contributed by atoms with Gasteiger partial charge in [0.1, 0.15) is 4.88 Å². The molecule has 0 saturated heterocycles. The Bertz CT molecular complexity index is 1140. The predicted octanol–water partition coefficient (Wildman–Crippen LogP) is 6.91. The van der Waals surface area contributed by atoms with Crippen molar-refractivity contribution in [3.8, 4) is 0 Å². The van der Waals surface area contributed by atoms with E-state index < -0.39 is 29.4 Å². The number of thiophene rings is 1. The molecule has 1 amide bonds. The summed E-state index contributed by atoms with van der Waals surface area (Å²) in [4.78, 5) is 15.0. The van der Waals surface area contributed by atoms with Crippen LogP contribution >= 0.6 is 23.1 Å². The van der Waals surface area contributed by atoms with Gasteiger partial charge in [0.2, 0.25) is 0 Å². The summed E-state index contributed by atoms with van der Waals surface area (Å²) in [5.74, 6) is -0.00335. The van der Waals surface area contributed by atoms with Crippen LogP contribution in [0.25, 0.3) is 10.1 Å². The smallest absolute Gasteiger partial charge is 0.397 e.